The lowest BCUT2D eigenvalue weighted by Gasteiger charge is -2.19. The Labute approximate surface area is 81.1 Å². The molecule has 1 fully saturated rings. The Hall–Kier alpha value is 0.140. The zero-order chi connectivity index (χ0) is 8.77. The average molecular weight is 233 g/mol. The minimum absolute atomic E-state index is 0.133. The molecule has 0 aromatic rings. The third-order valence-electron chi connectivity index (χ3n) is 2.25. The first-order chi connectivity index (χ1) is 5.58. The SMILES string of the molecule is CC1(C)O[C@@H]2CCC=C(Br)[C@@H]2O1. The molecule has 2 aliphatic rings. The fourth-order valence-corrected chi connectivity index (χ4v) is 2.40. The van der Waals surface area contributed by atoms with Crippen LogP contribution in [0.25, 0.3) is 0 Å². The van der Waals surface area contributed by atoms with E-state index in [1.54, 1.807) is 0 Å². The van der Waals surface area contributed by atoms with Crippen LogP contribution in [-0.2, 0) is 9.47 Å². The molecule has 0 unspecified atom stereocenters. The van der Waals surface area contributed by atoms with Crippen molar-refractivity contribution in [1.82, 2.24) is 0 Å². The summed E-state index contributed by atoms with van der Waals surface area (Å²) in [5, 5.41) is 0. The molecular weight excluding hydrogens is 220 g/mol. The summed E-state index contributed by atoms with van der Waals surface area (Å²) >= 11 is 3.50. The van der Waals surface area contributed by atoms with Crippen molar-refractivity contribution in [2.75, 3.05) is 0 Å². The van der Waals surface area contributed by atoms with Crippen molar-refractivity contribution in [1.29, 1.82) is 0 Å². The van der Waals surface area contributed by atoms with Gasteiger partial charge in [0.15, 0.2) is 5.79 Å². The van der Waals surface area contributed by atoms with E-state index in [0.29, 0.717) is 0 Å². The second kappa shape index (κ2) is 2.82. The highest BCUT2D eigenvalue weighted by Crippen LogP contribution is 2.38. The van der Waals surface area contributed by atoms with Crippen molar-refractivity contribution in [2.24, 2.45) is 0 Å². The molecule has 1 saturated heterocycles. The molecule has 12 heavy (non-hydrogen) atoms. The van der Waals surface area contributed by atoms with E-state index >= 15 is 0 Å². The predicted octanol–water partition coefficient (Wildman–Crippen LogP) is 2.58. The molecule has 0 saturated carbocycles. The molecule has 1 heterocycles. The first kappa shape index (κ1) is 8.73. The molecule has 0 amide bonds. The standard InChI is InChI=1S/C9H13BrO2/c1-9(2)11-7-5-3-4-6(10)8(7)12-9/h4,7-8H,3,5H2,1-2H3/t7-,8+/m1/s1. The highest BCUT2D eigenvalue weighted by atomic mass is 79.9. The summed E-state index contributed by atoms with van der Waals surface area (Å²) < 4.78 is 12.6. The van der Waals surface area contributed by atoms with Gasteiger partial charge >= 0.3 is 0 Å². The van der Waals surface area contributed by atoms with Crippen LogP contribution in [-0.4, -0.2) is 18.0 Å². The van der Waals surface area contributed by atoms with E-state index in [4.69, 9.17) is 9.47 Å². The first-order valence-corrected chi connectivity index (χ1v) is 5.09. The summed E-state index contributed by atoms with van der Waals surface area (Å²) in [5.41, 5.74) is 0. The Morgan fingerprint density at radius 1 is 1.50 bits per heavy atom. The number of rotatable bonds is 0. The van der Waals surface area contributed by atoms with Gasteiger partial charge in [0.05, 0.1) is 6.10 Å². The summed E-state index contributed by atoms with van der Waals surface area (Å²) in [6, 6.07) is 0. The van der Waals surface area contributed by atoms with Crippen LogP contribution in [0.15, 0.2) is 10.6 Å². The Morgan fingerprint density at radius 2 is 2.25 bits per heavy atom. The van der Waals surface area contributed by atoms with Gasteiger partial charge in [-0.2, -0.15) is 0 Å². The number of allylic oxidation sites excluding steroid dienone is 1. The van der Waals surface area contributed by atoms with Gasteiger partial charge in [0.25, 0.3) is 0 Å². The van der Waals surface area contributed by atoms with Gasteiger partial charge in [-0.25, -0.2) is 0 Å². The molecule has 3 heteroatoms. The molecule has 0 aromatic heterocycles. The van der Waals surface area contributed by atoms with E-state index in [9.17, 15) is 0 Å². The summed E-state index contributed by atoms with van der Waals surface area (Å²) in [6.45, 7) is 3.93. The number of fused-ring (bicyclic) bond motifs is 1. The number of ether oxygens (including phenoxy) is 2. The smallest absolute Gasteiger partial charge is 0.164 e. The van der Waals surface area contributed by atoms with Gasteiger partial charge < -0.3 is 9.47 Å². The lowest BCUT2D eigenvalue weighted by molar-refractivity contribution is -0.143. The highest BCUT2D eigenvalue weighted by molar-refractivity contribution is 9.11. The first-order valence-electron chi connectivity index (χ1n) is 4.30. The molecule has 1 aliphatic carbocycles. The van der Waals surface area contributed by atoms with Crippen molar-refractivity contribution in [3.63, 3.8) is 0 Å². The zero-order valence-electron chi connectivity index (χ0n) is 7.34. The van der Waals surface area contributed by atoms with E-state index in [2.05, 4.69) is 22.0 Å². The Bertz CT molecular complexity index is 223. The summed E-state index contributed by atoms with van der Waals surface area (Å²) in [4.78, 5) is 0. The Morgan fingerprint density at radius 3 is 2.92 bits per heavy atom. The van der Waals surface area contributed by atoms with Crippen molar-refractivity contribution in [3.05, 3.63) is 10.6 Å². The van der Waals surface area contributed by atoms with E-state index in [1.165, 1.54) is 0 Å². The lowest BCUT2D eigenvalue weighted by atomic mass is 10.0. The molecule has 2 nitrogen and oxygen atoms in total. The van der Waals surface area contributed by atoms with E-state index in [1.807, 2.05) is 13.8 Å². The Kier molecular flexibility index (Phi) is 2.05. The third kappa shape index (κ3) is 1.45. The number of hydrogen-bond donors (Lipinski definition) is 0. The van der Waals surface area contributed by atoms with Gasteiger partial charge in [-0.15, -0.1) is 0 Å². The lowest BCUT2D eigenvalue weighted by Crippen LogP contribution is -2.25. The maximum absolute atomic E-state index is 5.73. The van der Waals surface area contributed by atoms with Crippen LogP contribution in [0, 0.1) is 0 Å². The molecule has 0 aromatic carbocycles. The van der Waals surface area contributed by atoms with Gasteiger partial charge in [0, 0.05) is 4.48 Å². The van der Waals surface area contributed by atoms with Gasteiger partial charge in [0.1, 0.15) is 6.10 Å². The maximum Gasteiger partial charge on any atom is 0.164 e. The van der Waals surface area contributed by atoms with Gasteiger partial charge in [-0.1, -0.05) is 22.0 Å². The largest absolute Gasteiger partial charge is 0.344 e. The summed E-state index contributed by atoms with van der Waals surface area (Å²) in [7, 11) is 0. The monoisotopic (exact) mass is 232 g/mol. The fraction of sp³-hybridized carbons (Fsp3) is 0.778. The minimum Gasteiger partial charge on any atom is -0.344 e. The van der Waals surface area contributed by atoms with Crippen molar-refractivity contribution >= 4 is 15.9 Å². The molecule has 0 radical (unpaired) electrons. The molecule has 0 N–H and O–H groups in total. The Balaban J connectivity index is 2.18. The van der Waals surface area contributed by atoms with Crippen LogP contribution in [0.4, 0.5) is 0 Å². The number of hydrogen-bond acceptors (Lipinski definition) is 2. The van der Waals surface area contributed by atoms with Gasteiger partial charge in [-0.05, 0) is 26.7 Å². The quantitative estimate of drug-likeness (QED) is 0.640. The van der Waals surface area contributed by atoms with E-state index in [-0.39, 0.29) is 12.2 Å². The van der Waals surface area contributed by atoms with Crippen LogP contribution in [0.2, 0.25) is 0 Å². The topological polar surface area (TPSA) is 18.5 Å². The van der Waals surface area contributed by atoms with Gasteiger partial charge in [-0.3, -0.25) is 0 Å². The molecule has 1 aliphatic heterocycles. The second-order valence-electron chi connectivity index (χ2n) is 3.76. The van der Waals surface area contributed by atoms with Gasteiger partial charge in [0.2, 0.25) is 0 Å². The minimum atomic E-state index is -0.410. The zero-order valence-corrected chi connectivity index (χ0v) is 8.93. The molecule has 68 valence electrons. The molecule has 0 bridgehead atoms. The van der Waals surface area contributed by atoms with E-state index < -0.39 is 5.79 Å². The molecule has 0 spiro atoms. The van der Waals surface area contributed by atoms with Crippen molar-refractivity contribution in [3.8, 4) is 0 Å². The van der Waals surface area contributed by atoms with Crippen LogP contribution < -0.4 is 0 Å². The van der Waals surface area contributed by atoms with Crippen LogP contribution in [0.5, 0.6) is 0 Å². The fourth-order valence-electron chi connectivity index (χ4n) is 1.78. The van der Waals surface area contributed by atoms with E-state index in [0.717, 1.165) is 17.3 Å². The number of halogens is 1. The molecule has 2 rings (SSSR count). The average Bonchev–Trinajstić information content (AvgIpc) is 2.25. The second-order valence-corrected chi connectivity index (χ2v) is 4.68. The summed E-state index contributed by atoms with van der Waals surface area (Å²) in [6.07, 6.45) is 4.71. The predicted molar refractivity (Wildman–Crippen MR) is 50.1 cm³/mol. The summed E-state index contributed by atoms with van der Waals surface area (Å²) in [5.74, 6) is -0.410. The maximum atomic E-state index is 5.73. The van der Waals surface area contributed by atoms with Crippen LogP contribution in [0.1, 0.15) is 26.7 Å². The molecular formula is C9H13BrO2. The van der Waals surface area contributed by atoms with Crippen molar-refractivity contribution < 1.29 is 9.47 Å². The highest BCUT2D eigenvalue weighted by Gasteiger charge is 2.43. The third-order valence-corrected chi connectivity index (χ3v) is 3.02. The van der Waals surface area contributed by atoms with Crippen molar-refractivity contribution in [2.45, 2.75) is 44.7 Å². The molecule has 2 atom stereocenters. The van der Waals surface area contributed by atoms with Crippen LogP contribution >= 0.6 is 15.9 Å². The normalized spacial score (nSPS) is 39.1. The van der Waals surface area contributed by atoms with Crippen LogP contribution in [0.3, 0.4) is 0 Å².